The number of para-hydroxylation sites is 2. The second kappa shape index (κ2) is 13.2. The Morgan fingerprint density at radius 1 is 0.667 bits per heavy atom. The van der Waals surface area contributed by atoms with Crippen molar-refractivity contribution < 1.29 is 19.1 Å². The lowest BCUT2D eigenvalue weighted by molar-refractivity contribution is -0.133. The van der Waals surface area contributed by atoms with Gasteiger partial charge in [0.1, 0.15) is 11.5 Å². The van der Waals surface area contributed by atoms with Gasteiger partial charge < -0.3 is 19.3 Å². The number of likely N-dealkylation sites (N-methyl/N-ethyl adjacent to an activating group) is 2. The Balaban J connectivity index is 1.54. The van der Waals surface area contributed by atoms with Gasteiger partial charge >= 0.3 is 0 Å². The van der Waals surface area contributed by atoms with E-state index in [2.05, 4.69) is 0 Å². The Kier molecular flexibility index (Phi) is 10.3. The van der Waals surface area contributed by atoms with Crippen molar-refractivity contribution in [1.29, 1.82) is 0 Å². The maximum Gasteiger partial charge on any atom is 0.222 e. The molecular formula is C24H32N2O4. The van der Waals surface area contributed by atoms with E-state index >= 15 is 0 Å². The lowest BCUT2D eigenvalue weighted by Gasteiger charge is -2.22. The van der Waals surface area contributed by atoms with E-state index in [1.807, 2.05) is 60.7 Å². The molecule has 0 bridgehead atoms. The largest absolute Gasteiger partial charge is 0.494 e. The number of rotatable bonds is 13. The minimum Gasteiger partial charge on any atom is -0.494 e. The molecule has 2 amide bonds. The van der Waals surface area contributed by atoms with Crippen LogP contribution in [0.1, 0.15) is 25.7 Å². The van der Waals surface area contributed by atoms with Gasteiger partial charge in [0, 0.05) is 40.0 Å². The molecule has 0 unspecified atom stereocenters. The zero-order valence-electron chi connectivity index (χ0n) is 18.0. The van der Waals surface area contributed by atoms with Gasteiger partial charge in [0.05, 0.1) is 13.2 Å². The lowest BCUT2D eigenvalue weighted by Crippen LogP contribution is -2.37. The Morgan fingerprint density at radius 3 is 1.40 bits per heavy atom. The van der Waals surface area contributed by atoms with E-state index in [1.165, 1.54) is 0 Å². The van der Waals surface area contributed by atoms with Gasteiger partial charge in [-0.3, -0.25) is 9.59 Å². The van der Waals surface area contributed by atoms with E-state index in [0.717, 1.165) is 11.5 Å². The van der Waals surface area contributed by atoms with Gasteiger partial charge in [-0.05, 0) is 37.1 Å². The fourth-order valence-electron chi connectivity index (χ4n) is 2.79. The van der Waals surface area contributed by atoms with Crippen molar-refractivity contribution in [2.45, 2.75) is 25.7 Å². The Hall–Kier alpha value is -3.02. The number of carbonyl (C=O) groups excluding carboxylic acids is 2. The van der Waals surface area contributed by atoms with Crippen LogP contribution < -0.4 is 9.47 Å². The molecule has 0 radical (unpaired) electrons. The average molecular weight is 413 g/mol. The molecule has 0 N–H and O–H groups in total. The summed E-state index contributed by atoms with van der Waals surface area (Å²) >= 11 is 0. The number of nitrogens with zero attached hydrogens (tertiary/aromatic N) is 2. The first-order valence-corrected chi connectivity index (χ1v) is 10.4. The second-order valence-electron chi connectivity index (χ2n) is 7.16. The van der Waals surface area contributed by atoms with Crippen LogP contribution in [0.4, 0.5) is 0 Å². The summed E-state index contributed by atoms with van der Waals surface area (Å²) in [4.78, 5) is 27.8. The SMILES string of the molecule is CN(CCN(C)C(=O)CCCOc1ccccc1)C(=O)CCCOc1ccccc1. The van der Waals surface area contributed by atoms with Crippen LogP contribution in [-0.2, 0) is 9.59 Å². The third kappa shape index (κ3) is 8.99. The minimum atomic E-state index is 0.0590. The molecule has 0 aromatic heterocycles. The number of ether oxygens (including phenoxy) is 2. The van der Waals surface area contributed by atoms with Crippen LogP contribution in [-0.4, -0.2) is 62.0 Å². The molecule has 0 fully saturated rings. The summed E-state index contributed by atoms with van der Waals surface area (Å²) in [5.74, 6) is 1.74. The van der Waals surface area contributed by atoms with E-state index in [0.29, 0.717) is 52.0 Å². The maximum absolute atomic E-state index is 12.2. The third-order valence-corrected chi connectivity index (χ3v) is 4.72. The summed E-state index contributed by atoms with van der Waals surface area (Å²) in [6.45, 7) is 2.04. The zero-order chi connectivity index (χ0) is 21.6. The van der Waals surface area contributed by atoms with E-state index in [1.54, 1.807) is 23.9 Å². The first-order valence-electron chi connectivity index (χ1n) is 10.4. The van der Waals surface area contributed by atoms with Gasteiger partial charge in [-0.15, -0.1) is 0 Å². The van der Waals surface area contributed by atoms with Crippen LogP contribution in [0.2, 0.25) is 0 Å². The van der Waals surface area contributed by atoms with Crippen molar-refractivity contribution in [3.63, 3.8) is 0 Å². The monoisotopic (exact) mass is 412 g/mol. The number of benzene rings is 2. The Labute approximate surface area is 179 Å². The van der Waals surface area contributed by atoms with Gasteiger partial charge in [0.25, 0.3) is 0 Å². The molecule has 2 rings (SSSR count). The lowest BCUT2D eigenvalue weighted by atomic mass is 10.2. The molecule has 0 aliphatic rings. The number of hydrogen-bond acceptors (Lipinski definition) is 4. The highest BCUT2D eigenvalue weighted by atomic mass is 16.5. The molecule has 6 nitrogen and oxygen atoms in total. The quantitative estimate of drug-likeness (QED) is 0.472. The smallest absolute Gasteiger partial charge is 0.222 e. The normalized spacial score (nSPS) is 10.3. The van der Waals surface area contributed by atoms with Crippen LogP contribution >= 0.6 is 0 Å². The highest BCUT2D eigenvalue weighted by Gasteiger charge is 2.12. The van der Waals surface area contributed by atoms with Crippen molar-refractivity contribution >= 4 is 11.8 Å². The van der Waals surface area contributed by atoms with Crippen LogP contribution in [0.15, 0.2) is 60.7 Å². The summed E-state index contributed by atoms with van der Waals surface area (Å²) in [5.41, 5.74) is 0. The molecule has 0 atom stereocenters. The van der Waals surface area contributed by atoms with Gasteiger partial charge in [0.2, 0.25) is 11.8 Å². The Morgan fingerprint density at radius 2 is 1.03 bits per heavy atom. The van der Waals surface area contributed by atoms with Crippen molar-refractivity contribution in [2.75, 3.05) is 40.4 Å². The van der Waals surface area contributed by atoms with E-state index in [4.69, 9.17) is 9.47 Å². The minimum absolute atomic E-state index is 0.0590. The molecule has 0 saturated carbocycles. The number of carbonyl (C=O) groups is 2. The zero-order valence-corrected chi connectivity index (χ0v) is 18.0. The van der Waals surface area contributed by atoms with Crippen LogP contribution in [0.25, 0.3) is 0 Å². The summed E-state index contributed by atoms with van der Waals surface area (Å²) < 4.78 is 11.2. The molecule has 6 heteroatoms. The number of hydrogen-bond donors (Lipinski definition) is 0. The summed E-state index contributed by atoms with van der Waals surface area (Å²) in [5, 5.41) is 0. The second-order valence-corrected chi connectivity index (χ2v) is 7.16. The van der Waals surface area contributed by atoms with Crippen LogP contribution in [0.5, 0.6) is 11.5 Å². The van der Waals surface area contributed by atoms with Crippen LogP contribution in [0, 0.1) is 0 Å². The van der Waals surface area contributed by atoms with Crippen molar-refractivity contribution in [1.82, 2.24) is 9.80 Å². The van der Waals surface area contributed by atoms with Crippen molar-refractivity contribution in [2.24, 2.45) is 0 Å². The highest BCUT2D eigenvalue weighted by Crippen LogP contribution is 2.10. The van der Waals surface area contributed by atoms with Gasteiger partial charge in [-0.25, -0.2) is 0 Å². The van der Waals surface area contributed by atoms with Gasteiger partial charge in [0.15, 0.2) is 0 Å². The molecule has 2 aromatic rings. The third-order valence-electron chi connectivity index (χ3n) is 4.72. The molecule has 0 aliphatic carbocycles. The fourth-order valence-corrected chi connectivity index (χ4v) is 2.79. The topological polar surface area (TPSA) is 59.1 Å². The molecule has 0 aliphatic heterocycles. The summed E-state index contributed by atoms with van der Waals surface area (Å²) in [6, 6.07) is 19.1. The summed E-state index contributed by atoms with van der Waals surface area (Å²) in [7, 11) is 3.54. The molecule has 162 valence electrons. The average Bonchev–Trinajstić information content (AvgIpc) is 2.78. The molecule has 30 heavy (non-hydrogen) atoms. The highest BCUT2D eigenvalue weighted by molar-refractivity contribution is 5.77. The summed E-state index contributed by atoms with van der Waals surface area (Å²) in [6.07, 6.45) is 2.18. The van der Waals surface area contributed by atoms with Gasteiger partial charge in [-0.2, -0.15) is 0 Å². The van der Waals surface area contributed by atoms with Crippen LogP contribution in [0.3, 0.4) is 0 Å². The van der Waals surface area contributed by atoms with Crippen molar-refractivity contribution in [3.05, 3.63) is 60.7 Å². The van der Waals surface area contributed by atoms with Crippen molar-refractivity contribution in [3.8, 4) is 11.5 Å². The molecule has 2 aromatic carbocycles. The predicted octanol–water partition coefficient (Wildman–Crippen LogP) is 3.62. The molecule has 0 saturated heterocycles. The standard InChI is InChI=1S/C24H32N2O4/c1-25(23(27)15-9-19-29-21-11-5-3-6-12-21)17-18-26(2)24(28)16-10-20-30-22-13-7-4-8-14-22/h3-8,11-14H,9-10,15-20H2,1-2H3. The number of amides is 2. The predicted molar refractivity (Wildman–Crippen MR) is 118 cm³/mol. The fraction of sp³-hybridized carbons (Fsp3) is 0.417. The first-order chi connectivity index (χ1) is 14.6. The molecular weight excluding hydrogens is 380 g/mol. The Bertz CT molecular complexity index is 687. The molecule has 0 heterocycles. The van der Waals surface area contributed by atoms with E-state index in [9.17, 15) is 9.59 Å². The van der Waals surface area contributed by atoms with E-state index < -0.39 is 0 Å². The first kappa shape index (κ1) is 23.3. The molecule has 0 spiro atoms. The van der Waals surface area contributed by atoms with E-state index in [-0.39, 0.29) is 11.8 Å². The maximum atomic E-state index is 12.2. The van der Waals surface area contributed by atoms with Gasteiger partial charge in [-0.1, -0.05) is 36.4 Å².